The number of ether oxygens (including phenoxy) is 1. The minimum atomic E-state index is -1.10. The molecule has 0 saturated heterocycles. The molecule has 0 radical (unpaired) electrons. The van der Waals surface area contributed by atoms with Crippen LogP contribution in [0.25, 0.3) is 0 Å². The second-order valence-electron chi connectivity index (χ2n) is 4.43. The molecule has 0 heterocycles. The highest BCUT2D eigenvalue weighted by molar-refractivity contribution is 5.76. The van der Waals surface area contributed by atoms with E-state index >= 15 is 0 Å². The van der Waals surface area contributed by atoms with Crippen LogP contribution in [0.3, 0.4) is 0 Å². The first-order valence-electron chi connectivity index (χ1n) is 5.58. The first kappa shape index (κ1) is 13.7. The quantitative estimate of drug-likeness (QED) is 0.487. The predicted molar refractivity (Wildman–Crippen MR) is 63.4 cm³/mol. The molecule has 94 valence electrons. The zero-order valence-corrected chi connectivity index (χ0v) is 10.3. The van der Waals surface area contributed by atoms with Gasteiger partial charge in [-0.1, -0.05) is 37.3 Å². The first-order chi connectivity index (χ1) is 8.00. The van der Waals surface area contributed by atoms with Crippen LogP contribution in [0.15, 0.2) is 30.3 Å². The summed E-state index contributed by atoms with van der Waals surface area (Å²) in [6.45, 7) is 5.54. The van der Waals surface area contributed by atoms with Crippen molar-refractivity contribution in [3.8, 4) is 0 Å². The second kappa shape index (κ2) is 5.80. The van der Waals surface area contributed by atoms with Crippen LogP contribution in [0, 0.1) is 0 Å². The number of hydrogen-bond donors (Lipinski definition) is 1. The van der Waals surface area contributed by atoms with E-state index in [1.807, 2.05) is 26.8 Å². The molecule has 0 aliphatic heterocycles. The van der Waals surface area contributed by atoms with Gasteiger partial charge in [-0.15, -0.1) is 0 Å². The van der Waals surface area contributed by atoms with Gasteiger partial charge in [-0.25, -0.2) is 9.68 Å². The molecule has 1 rings (SSSR count). The van der Waals surface area contributed by atoms with Crippen LogP contribution in [0.1, 0.15) is 38.9 Å². The Bertz CT molecular complexity index is 359. The Morgan fingerprint density at radius 1 is 1.35 bits per heavy atom. The summed E-state index contributed by atoms with van der Waals surface area (Å²) in [5.74, 6) is -0.592. The lowest BCUT2D eigenvalue weighted by Crippen LogP contribution is -2.30. The molecule has 0 spiro atoms. The van der Waals surface area contributed by atoms with Gasteiger partial charge in [0.1, 0.15) is 5.60 Å². The maximum Gasteiger partial charge on any atom is 0.343 e. The summed E-state index contributed by atoms with van der Waals surface area (Å²) in [6, 6.07) is 8.74. The van der Waals surface area contributed by atoms with E-state index in [1.54, 1.807) is 24.3 Å². The van der Waals surface area contributed by atoms with Gasteiger partial charge >= 0.3 is 5.97 Å². The van der Waals surface area contributed by atoms with E-state index in [1.165, 1.54) is 0 Å². The topological polar surface area (TPSA) is 55.8 Å². The molecule has 1 N–H and O–H groups in total. The lowest BCUT2D eigenvalue weighted by Gasteiger charge is -2.25. The average molecular weight is 238 g/mol. The van der Waals surface area contributed by atoms with Gasteiger partial charge in [0.05, 0.1) is 0 Å². The molecule has 0 aliphatic carbocycles. The molecule has 17 heavy (non-hydrogen) atoms. The maximum absolute atomic E-state index is 11.8. The zero-order chi connectivity index (χ0) is 12.9. The van der Waals surface area contributed by atoms with Crippen molar-refractivity contribution < 1.29 is 19.7 Å². The highest BCUT2D eigenvalue weighted by Crippen LogP contribution is 2.22. The Balaban J connectivity index is 2.79. The van der Waals surface area contributed by atoms with E-state index in [9.17, 15) is 4.79 Å². The fourth-order valence-electron chi connectivity index (χ4n) is 1.27. The van der Waals surface area contributed by atoms with Crippen molar-refractivity contribution in [3.63, 3.8) is 0 Å². The molecule has 1 atom stereocenters. The van der Waals surface area contributed by atoms with Gasteiger partial charge < -0.3 is 4.74 Å². The molecule has 1 aromatic rings. The van der Waals surface area contributed by atoms with Gasteiger partial charge in [0.15, 0.2) is 0 Å². The molecule has 0 aromatic heterocycles. The van der Waals surface area contributed by atoms with Crippen molar-refractivity contribution >= 4 is 5.97 Å². The van der Waals surface area contributed by atoms with Crippen molar-refractivity contribution in [1.29, 1.82) is 0 Å². The standard InChI is InChI=1S/C13H18O4/c1-4-13(2,3)16-12(14)11(17-15)10-8-6-5-7-9-10/h5-9,11,15H,4H2,1-3H3. The van der Waals surface area contributed by atoms with E-state index in [2.05, 4.69) is 4.89 Å². The van der Waals surface area contributed by atoms with Crippen LogP contribution in [0.5, 0.6) is 0 Å². The summed E-state index contributed by atoms with van der Waals surface area (Å²) in [5, 5.41) is 8.82. The van der Waals surface area contributed by atoms with Crippen LogP contribution < -0.4 is 0 Å². The van der Waals surface area contributed by atoms with Crippen LogP contribution in [0.2, 0.25) is 0 Å². The van der Waals surface area contributed by atoms with E-state index in [0.717, 1.165) is 0 Å². The highest BCUT2D eigenvalue weighted by atomic mass is 17.1. The van der Waals surface area contributed by atoms with Crippen molar-refractivity contribution in [1.82, 2.24) is 0 Å². The van der Waals surface area contributed by atoms with Gasteiger partial charge in [0.2, 0.25) is 6.10 Å². The molecule has 1 unspecified atom stereocenters. The molecule has 0 fully saturated rings. The lowest BCUT2D eigenvalue weighted by molar-refractivity contribution is -0.283. The average Bonchev–Trinajstić information content (AvgIpc) is 2.31. The number of rotatable bonds is 5. The van der Waals surface area contributed by atoms with E-state index < -0.39 is 17.7 Å². The Morgan fingerprint density at radius 3 is 2.41 bits per heavy atom. The number of hydrogen-bond acceptors (Lipinski definition) is 4. The second-order valence-corrected chi connectivity index (χ2v) is 4.43. The van der Waals surface area contributed by atoms with Crippen LogP contribution in [0.4, 0.5) is 0 Å². The summed E-state index contributed by atoms with van der Waals surface area (Å²) in [7, 11) is 0. The minimum absolute atomic E-state index is 0.562. The van der Waals surface area contributed by atoms with Crippen LogP contribution >= 0.6 is 0 Å². The molecule has 0 saturated carbocycles. The summed E-state index contributed by atoms with van der Waals surface area (Å²) in [4.78, 5) is 16.1. The monoisotopic (exact) mass is 238 g/mol. The molecular weight excluding hydrogens is 220 g/mol. The number of carbonyl (C=O) groups excluding carboxylic acids is 1. The molecule has 4 nitrogen and oxygen atoms in total. The third kappa shape index (κ3) is 3.84. The molecule has 4 heteroatoms. The number of esters is 1. The largest absolute Gasteiger partial charge is 0.457 e. The Morgan fingerprint density at radius 2 is 1.94 bits per heavy atom. The molecule has 0 aliphatic rings. The SMILES string of the molecule is CCC(C)(C)OC(=O)C(OO)c1ccccc1. The van der Waals surface area contributed by atoms with E-state index in [0.29, 0.717) is 12.0 Å². The minimum Gasteiger partial charge on any atom is -0.457 e. The van der Waals surface area contributed by atoms with Crippen molar-refractivity contribution in [2.45, 2.75) is 38.9 Å². The fraction of sp³-hybridized carbons (Fsp3) is 0.462. The molecule has 0 amide bonds. The van der Waals surface area contributed by atoms with Gasteiger partial charge in [-0.05, 0) is 25.8 Å². The van der Waals surface area contributed by atoms with Gasteiger partial charge in [-0.2, -0.15) is 0 Å². The Labute approximate surface area is 101 Å². The third-order valence-electron chi connectivity index (χ3n) is 2.65. The predicted octanol–water partition coefficient (Wildman–Crippen LogP) is 2.95. The van der Waals surface area contributed by atoms with Crippen molar-refractivity contribution in [3.05, 3.63) is 35.9 Å². The summed E-state index contributed by atoms with van der Waals surface area (Å²) < 4.78 is 5.27. The molecular formula is C13H18O4. The van der Waals surface area contributed by atoms with Gasteiger partial charge in [-0.3, -0.25) is 5.26 Å². The zero-order valence-electron chi connectivity index (χ0n) is 10.3. The van der Waals surface area contributed by atoms with Crippen LogP contribution in [-0.2, 0) is 14.4 Å². The third-order valence-corrected chi connectivity index (χ3v) is 2.65. The fourth-order valence-corrected chi connectivity index (χ4v) is 1.27. The Hall–Kier alpha value is -1.39. The number of benzene rings is 1. The van der Waals surface area contributed by atoms with Gasteiger partial charge in [0, 0.05) is 0 Å². The van der Waals surface area contributed by atoms with Gasteiger partial charge in [0.25, 0.3) is 0 Å². The van der Waals surface area contributed by atoms with Crippen molar-refractivity contribution in [2.24, 2.45) is 0 Å². The van der Waals surface area contributed by atoms with Crippen LogP contribution in [-0.4, -0.2) is 16.8 Å². The smallest absolute Gasteiger partial charge is 0.343 e. The maximum atomic E-state index is 11.8. The highest BCUT2D eigenvalue weighted by Gasteiger charge is 2.29. The normalized spacial score (nSPS) is 13.2. The molecule has 1 aromatic carbocycles. The summed E-state index contributed by atoms with van der Waals surface area (Å²) >= 11 is 0. The Kier molecular flexibility index (Phi) is 4.66. The lowest BCUT2D eigenvalue weighted by atomic mass is 10.1. The van der Waals surface area contributed by atoms with Crippen molar-refractivity contribution in [2.75, 3.05) is 0 Å². The van der Waals surface area contributed by atoms with E-state index in [-0.39, 0.29) is 0 Å². The summed E-state index contributed by atoms with van der Waals surface area (Å²) in [5.41, 5.74) is -0.00487. The summed E-state index contributed by atoms with van der Waals surface area (Å²) in [6.07, 6.45) is -0.409. The molecule has 0 bridgehead atoms. The first-order valence-corrected chi connectivity index (χ1v) is 5.58. The van der Waals surface area contributed by atoms with E-state index in [4.69, 9.17) is 9.99 Å². The number of carbonyl (C=O) groups is 1.